The molecule has 0 aromatic heterocycles. The molecule has 2 aromatic carbocycles. The molecule has 2 aromatic rings. The van der Waals surface area contributed by atoms with Gasteiger partial charge in [0.2, 0.25) is 11.9 Å². The first-order valence-corrected chi connectivity index (χ1v) is 12.8. The quantitative estimate of drug-likeness (QED) is 0.223. The van der Waals surface area contributed by atoms with Crippen molar-refractivity contribution in [2.75, 3.05) is 19.6 Å². The summed E-state index contributed by atoms with van der Waals surface area (Å²) in [4.78, 5) is 19.5. The van der Waals surface area contributed by atoms with Gasteiger partial charge in [0.05, 0.1) is 40.1 Å². The first-order chi connectivity index (χ1) is 18.6. The molecular formula is C25H24Cl2F3N7O2. The summed E-state index contributed by atoms with van der Waals surface area (Å²) in [5.74, 6) is -0.603. The predicted octanol–water partition coefficient (Wildman–Crippen LogP) is 4.64. The summed E-state index contributed by atoms with van der Waals surface area (Å²) in [6, 6.07) is 9.12. The highest BCUT2D eigenvalue weighted by Crippen LogP contribution is 2.29. The van der Waals surface area contributed by atoms with Gasteiger partial charge >= 0.3 is 6.36 Å². The van der Waals surface area contributed by atoms with Crippen molar-refractivity contribution in [2.24, 2.45) is 10.1 Å². The number of likely N-dealkylation sites (N-methyl/N-ethyl adjacent to an activating group) is 1. The van der Waals surface area contributed by atoms with Gasteiger partial charge in [-0.15, -0.1) is 13.2 Å². The Bertz CT molecular complexity index is 1320. The third-order valence-electron chi connectivity index (χ3n) is 6.16. The lowest BCUT2D eigenvalue weighted by molar-refractivity contribution is -0.274. The van der Waals surface area contributed by atoms with E-state index in [1.165, 1.54) is 17.1 Å². The number of hydrogen-bond donors (Lipinski definition) is 2. The summed E-state index contributed by atoms with van der Waals surface area (Å²) in [7, 11) is 0. The average molecular weight is 582 g/mol. The van der Waals surface area contributed by atoms with Crippen molar-refractivity contribution in [3.05, 3.63) is 58.1 Å². The van der Waals surface area contributed by atoms with Crippen molar-refractivity contribution in [3.8, 4) is 11.9 Å². The molecule has 0 spiro atoms. The van der Waals surface area contributed by atoms with Crippen LogP contribution in [-0.2, 0) is 4.79 Å². The van der Waals surface area contributed by atoms with Crippen molar-refractivity contribution in [1.29, 1.82) is 5.26 Å². The summed E-state index contributed by atoms with van der Waals surface area (Å²) in [6.45, 7) is 3.11. The fraction of sp³-hybridized carbons (Fsp3) is 0.360. The van der Waals surface area contributed by atoms with Gasteiger partial charge in [-0.3, -0.25) is 10.1 Å². The van der Waals surface area contributed by atoms with E-state index in [0.29, 0.717) is 34.3 Å². The van der Waals surface area contributed by atoms with E-state index in [4.69, 9.17) is 23.2 Å². The SMILES string of the molecule is CCN(C(=O)[C@H]1CCCN1)[C@@H]1CN(C(=Nc2cccc(OC(F)(F)F)c2)NC#N)N=C1c1ccc(Cl)c(Cl)c1. The molecule has 0 radical (unpaired) electrons. The van der Waals surface area contributed by atoms with Crippen LogP contribution in [0.1, 0.15) is 25.3 Å². The lowest BCUT2D eigenvalue weighted by Crippen LogP contribution is -2.53. The van der Waals surface area contributed by atoms with Gasteiger partial charge in [0.25, 0.3) is 0 Å². The number of hydrazone groups is 1. The first kappa shape index (κ1) is 28.5. The molecule has 0 unspecified atom stereocenters. The van der Waals surface area contributed by atoms with E-state index in [-0.39, 0.29) is 30.1 Å². The van der Waals surface area contributed by atoms with Crippen LogP contribution in [0.5, 0.6) is 5.75 Å². The zero-order valence-corrected chi connectivity index (χ0v) is 22.2. The van der Waals surface area contributed by atoms with Gasteiger partial charge < -0.3 is 15.0 Å². The Morgan fingerprint density at radius 2 is 2.10 bits per heavy atom. The second kappa shape index (κ2) is 12.1. The molecule has 2 N–H and O–H groups in total. The Morgan fingerprint density at radius 3 is 2.74 bits per heavy atom. The van der Waals surface area contributed by atoms with Crippen LogP contribution in [-0.4, -0.2) is 65.6 Å². The number of guanidine groups is 1. The summed E-state index contributed by atoms with van der Waals surface area (Å²) in [5, 5.41) is 21.8. The first-order valence-electron chi connectivity index (χ1n) is 12.0. The van der Waals surface area contributed by atoms with Crippen LogP contribution in [0.4, 0.5) is 18.9 Å². The highest BCUT2D eigenvalue weighted by molar-refractivity contribution is 6.42. The van der Waals surface area contributed by atoms with Gasteiger partial charge in [-0.1, -0.05) is 35.3 Å². The fourth-order valence-electron chi connectivity index (χ4n) is 4.47. The molecule has 39 heavy (non-hydrogen) atoms. The van der Waals surface area contributed by atoms with Crippen LogP contribution in [0.25, 0.3) is 0 Å². The third kappa shape index (κ3) is 6.92. The number of nitrogens with zero attached hydrogens (tertiary/aromatic N) is 5. The average Bonchev–Trinajstić information content (AvgIpc) is 3.56. The van der Waals surface area contributed by atoms with Crippen LogP contribution in [0.3, 0.4) is 0 Å². The van der Waals surface area contributed by atoms with Crippen LogP contribution in [0.2, 0.25) is 10.0 Å². The van der Waals surface area contributed by atoms with Gasteiger partial charge in [0, 0.05) is 18.2 Å². The molecular weight excluding hydrogens is 558 g/mol. The number of nitrogens with one attached hydrogen (secondary N) is 2. The van der Waals surface area contributed by atoms with E-state index >= 15 is 0 Å². The van der Waals surface area contributed by atoms with Crippen LogP contribution < -0.4 is 15.4 Å². The minimum absolute atomic E-state index is 0.0517. The molecule has 9 nitrogen and oxygen atoms in total. The monoisotopic (exact) mass is 581 g/mol. The van der Waals surface area contributed by atoms with Crippen molar-refractivity contribution in [2.45, 2.75) is 38.2 Å². The van der Waals surface area contributed by atoms with Crippen molar-refractivity contribution in [1.82, 2.24) is 20.5 Å². The minimum atomic E-state index is -4.87. The largest absolute Gasteiger partial charge is 0.573 e. The van der Waals surface area contributed by atoms with E-state index < -0.39 is 18.2 Å². The summed E-state index contributed by atoms with van der Waals surface area (Å²) in [5.41, 5.74) is 1.19. The van der Waals surface area contributed by atoms with E-state index in [1.54, 1.807) is 29.3 Å². The molecule has 0 saturated carbocycles. The topological polar surface area (TPSA) is 105 Å². The molecule has 2 atom stereocenters. The molecule has 206 valence electrons. The van der Waals surface area contributed by atoms with E-state index in [9.17, 15) is 23.2 Å². The number of aliphatic imine (C=N–C) groups is 1. The molecule has 1 saturated heterocycles. The number of ether oxygens (including phenoxy) is 1. The standard InChI is InChI=1S/C25H24Cl2F3N7O2/c1-2-36(23(38)20-7-4-10-32-20)21-13-37(35-22(21)15-8-9-18(26)19(27)11-15)24(33-14-31)34-16-5-3-6-17(12-16)39-25(28,29)30/h3,5-6,8-9,11-12,20-21,32H,2,4,7,10,13H2,1H3,(H,33,34)/t20-,21-/m1/s1. The zero-order chi connectivity index (χ0) is 28.2. The third-order valence-corrected chi connectivity index (χ3v) is 6.90. The molecule has 0 bridgehead atoms. The maximum absolute atomic E-state index is 13.4. The second-order valence-corrected chi connectivity index (χ2v) is 9.52. The molecule has 14 heteroatoms. The number of carbonyl (C=O) groups is 1. The molecule has 2 aliphatic heterocycles. The molecule has 1 fully saturated rings. The van der Waals surface area contributed by atoms with Crippen molar-refractivity contribution >= 4 is 46.5 Å². The van der Waals surface area contributed by atoms with Gasteiger partial charge in [-0.25, -0.2) is 10.0 Å². The number of rotatable bonds is 6. The predicted molar refractivity (Wildman–Crippen MR) is 141 cm³/mol. The maximum Gasteiger partial charge on any atom is 0.573 e. The maximum atomic E-state index is 13.4. The molecule has 2 aliphatic rings. The van der Waals surface area contributed by atoms with Crippen LogP contribution >= 0.6 is 23.2 Å². The number of halogens is 5. The van der Waals surface area contributed by atoms with Crippen molar-refractivity contribution in [3.63, 3.8) is 0 Å². The number of benzene rings is 2. The Balaban J connectivity index is 1.72. The number of alkyl halides is 3. The highest BCUT2D eigenvalue weighted by Gasteiger charge is 2.39. The minimum Gasteiger partial charge on any atom is -0.406 e. The zero-order valence-electron chi connectivity index (χ0n) is 20.7. The second-order valence-electron chi connectivity index (χ2n) is 8.70. The molecule has 1 amide bonds. The molecule has 4 rings (SSSR count). The molecule has 2 heterocycles. The normalized spacial score (nSPS) is 19.5. The smallest absolute Gasteiger partial charge is 0.406 e. The Labute approximate surface area is 232 Å². The number of hydrogen-bond acceptors (Lipinski definition) is 6. The fourth-order valence-corrected chi connectivity index (χ4v) is 4.77. The van der Waals surface area contributed by atoms with Gasteiger partial charge in [0.1, 0.15) is 5.75 Å². The Hall–Kier alpha value is -3.53. The lowest BCUT2D eigenvalue weighted by Gasteiger charge is -2.31. The number of carbonyl (C=O) groups excluding carboxylic acids is 1. The van der Waals surface area contributed by atoms with Gasteiger partial charge in [0.15, 0.2) is 6.19 Å². The van der Waals surface area contributed by atoms with E-state index in [2.05, 4.69) is 25.5 Å². The van der Waals surface area contributed by atoms with Crippen LogP contribution in [0.15, 0.2) is 52.6 Å². The Kier molecular flexibility index (Phi) is 8.84. The van der Waals surface area contributed by atoms with E-state index in [1.807, 2.05) is 6.92 Å². The summed E-state index contributed by atoms with van der Waals surface area (Å²) < 4.78 is 42.1. The number of nitriles is 1. The lowest BCUT2D eigenvalue weighted by atomic mass is 10.0. The van der Waals surface area contributed by atoms with Crippen LogP contribution in [0, 0.1) is 11.5 Å². The van der Waals surface area contributed by atoms with Gasteiger partial charge in [-0.2, -0.15) is 10.4 Å². The Morgan fingerprint density at radius 1 is 1.31 bits per heavy atom. The summed E-state index contributed by atoms with van der Waals surface area (Å²) >= 11 is 12.4. The number of amides is 1. The van der Waals surface area contributed by atoms with E-state index in [0.717, 1.165) is 25.1 Å². The summed E-state index contributed by atoms with van der Waals surface area (Å²) in [6.07, 6.45) is -1.49. The van der Waals surface area contributed by atoms with Crippen molar-refractivity contribution < 1.29 is 22.7 Å². The van der Waals surface area contributed by atoms with Gasteiger partial charge in [-0.05, 0) is 50.6 Å². The highest BCUT2D eigenvalue weighted by atomic mass is 35.5. The molecule has 0 aliphatic carbocycles.